The number of sulfonamides is 1. The number of likely N-dealkylation sites (tertiary alicyclic amines) is 1. The number of aryl methyl sites for hydroxylation is 1. The molecule has 1 fully saturated rings. The number of nitrogens with zero attached hydrogens (tertiary/aromatic N) is 2. The quantitative estimate of drug-likeness (QED) is 0.457. The molecular formula is C27H30N2O4S. The SMILES string of the molecule is Cc1ccc(S(=O)(=O)N(CC(=O)N2CCCCCC2)c2ccc(Oc3ccccc3)cc2)cc1. The van der Waals surface area contributed by atoms with Crippen LogP contribution in [0.5, 0.6) is 11.5 Å². The molecule has 0 N–H and O–H groups in total. The number of ether oxygens (including phenoxy) is 1. The van der Waals surface area contributed by atoms with Crippen molar-refractivity contribution in [2.75, 3.05) is 23.9 Å². The van der Waals surface area contributed by atoms with E-state index in [9.17, 15) is 13.2 Å². The summed E-state index contributed by atoms with van der Waals surface area (Å²) >= 11 is 0. The third kappa shape index (κ3) is 5.78. The van der Waals surface area contributed by atoms with Crippen molar-refractivity contribution in [3.8, 4) is 11.5 Å². The van der Waals surface area contributed by atoms with Crippen LogP contribution >= 0.6 is 0 Å². The number of carbonyl (C=O) groups excluding carboxylic acids is 1. The molecule has 3 aromatic rings. The fraction of sp³-hybridized carbons (Fsp3) is 0.296. The number of hydrogen-bond donors (Lipinski definition) is 0. The van der Waals surface area contributed by atoms with Gasteiger partial charge in [-0.2, -0.15) is 0 Å². The fourth-order valence-corrected chi connectivity index (χ4v) is 5.41. The van der Waals surface area contributed by atoms with Gasteiger partial charge in [-0.3, -0.25) is 9.10 Å². The maximum atomic E-state index is 13.6. The molecule has 0 radical (unpaired) electrons. The Morgan fingerprint density at radius 2 is 1.41 bits per heavy atom. The van der Waals surface area contributed by atoms with Crippen molar-refractivity contribution < 1.29 is 17.9 Å². The molecule has 7 heteroatoms. The minimum Gasteiger partial charge on any atom is -0.457 e. The second-order valence-electron chi connectivity index (χ2n) is 8.53. The van der Waals surface area contributed by atoms with E-state index in [4.69, 9.17) is 4.74 Å². The molecule has 6 nitrogen and oxygen atoms in total. The van der Waals surface area contributed by atoms with Crippen LogP contribution in [0.2, 0.25) is 0 Å². The molecule has 0 atom stereocenters. The highest BCUT2D eigenvalue weighted by Crippen LogP contribution is 2.28. The smallest absolute Gasteiger partial charge is 0.264 e. The Bertz CT molecular complexity index is 1190. The lowest BCUT2D eigenvalue weighted by Gasteiger charge is -2.28. The Kier molecular flexibility index (Phi) is 7.53. The van der Waals surface area contributed by atoms with E-state index in [1.807, 2.05) is 37.3 Å². The number of rotatable bonds is 7. The van der Waals surface area contributed by atoms with Gasteiger partial charge in [-0.05, 0) is 68.3 Å². The van der Waals surface area contributed by atoms with Gasteiger partial charge in [0.1, 0.15) is 18.0 Å². The van der Waals surface area contributed by atoms with Crippen LogP contribution in [-0.2, 0) is 14.8 Å². The van der Waals surface area contributed by atoms with Gasteiger partial charge in [0.15, 0.2) is 0 Å². The molecule has 3 aromatic carbocycles. The molecular weight excluding hydrogens is 448 g/mol. The highest BCUT2D eigenvalue weighted by atomic mass is 32.2. The lowest BCUT2D eigenvalue weighted by atomic mass is 10.2. The molecule has 0 aliphatic carbocycles. The maximum Gasteiger partial charge on any atom is 0.264 e. The summed E-state index contributed by atoms with van der Waals surface area (Å²) in [5.41, 5.74) is 1.39. The first-order valence-electron chi connectivity index (χ1n) is 11.6. The molecule has 1 aliphatic heterocycles. The van der Waals surface area contributed by atoms with E-state index in [0.717, 1.165) is 31.2 Å². The summed E-state index contributed by atoms with van der Waals surface area (Å²) < 4.78 is 34.3. The second kappa shape index (κ2) is 10.7. The van der Waals surface area contributed by atoms with Gasteiger partial charge < -0.3 is 9.64 Å². The Morgan fingerprint density at radius 3 is 2.03 bits per heavy atom. The van der Waals surface area contributed by atoms with Crippen molar-refractivity contribution in [2.45, 2.75) is 37.5 Å². The van der Waals surface area contributed by atoms with Crippen molar-refractivity contribution in [3.05, 3.63) is 84.4 Å². The number of anilines is 1. The number of carbonyl (C=O) groups is 1. The highest BCUT2D eigenvalue weighted by molar-refractivity contribution is 7.92. The summed E-state index contributed by atoms with van der Waals surface area (Å²) in [6.07, 6.45) is 4.08. The minimum atomic E-state index is -3.94. The summed E-state index contributed by atoms with van der Waals surface area (Å²) in [6, 6.07) is 22.9. The zero-order valence-electron chi connectivity index (χ0n) is 19.4. The average Bonchev–Trinajstić information content (AvgIpc) is 3.14. The standard InChI is InChI=1S/C27H30N2O4S/c1-22-11-17-26(18-12-22)34(31,32)29(21-27(30)28-19-7-2-3-8-20-28)23-13-15-25(16-14-23)33-24-9-5-4-6-10-24/h4-6,9-18H,2-3,7-8,19-21H2,1H3. The van der Waals surface area contributed by atoms with Gasteiger partial charge >= 0.3 is 0 Å². The molecule has 0 unspecified atom stereocenters. The lowest BCUT2D eigenvalue weighted by molar-refractivity contribution is -0.129. The summed E-state index contributed by atoms with van der Waals surface area (Å²) in [6.45, 7) is 3.00. The number of hydrogen-bond acceptors (Lipinski definition) is 4. The normalized spacial score (nSPS) is 14.3. The number of para-hydroxylation sites is 1. The van der Waals surface area contributed by atoms with Gasteiger partial charge in [0.25, 0.3) is 10.0 Å². The molecule has 34 heavy (non-hydrogen) atoms. The Labute approximate surface area is 201 Å². The van der Waals surface area contributed by atoms with Crippen molar-refractivity contribution in [2.24, 2.45) is 0 Å². The van der Waals surface area contributed by atoms with Crippen LogP contribution in [0.25, 0.3) is 0 Å². The third-order valence-electron chi connectivity index (χ3n) is 5.95. The maximum absolute atomic E-state index is 13.6. The van der Waals surface area contributed by atoms with Crippen LogP contribution in [0.4, 0.5) is 5.69 Å². The van der Waals surface area contributed by atoms with Crippen LogP contribution in [0.15, 0.2) is 83.8 Å². The second-order valence-corrected chi connectivity index (χ2v) is 10.4. The van der Waals surface area contributed by atoms with E-state index in [0.29, 0.717) is 30.3 Å². The third-order valence-corrected chi connectivity index (χ3v) is 7.74. The first kappa shape index (κ1) is 23.8. The van der Waals surface area contributed by atoms with E-state index < -0.39 is 10.0 Å². The predicted octanol–water partition coefficient (Wildman–Crippen LogP) is 5.39. The molecule has 0 bridgehead atoms. The van der Waals surface area contributed by atoms with Crippen LogP contribution in [0.3, 0.4) is 0 Å². The van der Waals surface area contributed by atoms with E-state index in [2.05, 4.69) is 0 Å². The summed E-state index contributed by atoms with van der Waals surface area (Å²) in [5, 5.41) is 0. The zero-order chi connectivity index (χ0) is 24.0. The van der Waals surface area contributed by atoms with Crippen LogP contribution in [-0.4, -0.2) is 38.9 Å². The highest BCUT2D eigenvalue weighted by Gasteiger charge is 2.29. The van der Waals surface area contributed by atoms with Crippen LogP contribution in [0.1, 0.15) is 31.2 Å². The molecule has 1 aliphatic rings. The van der Waals surface area contributed by atoms with E-state index in [1.165, 1.54) is 4.31 Å². The number of benzene rings is 3. The topological polar surface area (TPSA) is 66.9 Å². The first-order valence-corrected chi connectivity index (χ1v) is 13.1. The first-order chi connectivity index (χ1) is 16.4. The molecule has 1 heterocycles. The van der Waals surface area contributed by atoms with Crippen LogP contribution in [0, 0.1) is 6.92 Å². The monoisotopic (exact) mass is 478 g/mol. The average molecular weight is 479 g/mol. The van der Waals surface area contributed by atoms with E-state index >= 15 is 0 Å². The molecule has 1 amide bonds. The van der Waals surface area contributed by atoms with Crippen molar-refractivity contribution in [1.82, 2.24) is 4.90 Å². The van der Waals surface area contributed by atoms with Gasteiger partial charge in [-0.1, -0.05) is 48.7 Å². The van der Waals surface area contributed by atoms with Gasteiger partial charge in [-0.15, -0.1) is 0 Å². The van der Waals surface area contributed by atoms with Crippen molar-refractivity contribution in [3.63, 3.8) is 0 Å². The predicted molar refractivity (Wildman–Crippen MR) is 134 cm³/mol. The van der Waals surface area contributed by atoms with E-state index in [1.54, 1.807) is 53.4 Å². The molecule has 0 spiro atoms. The van der Waals surface area contributed by atoms with E-state index in [-0.39, 0.29) is 17.3 Å². The molecule has 0 aromatic heterocycles. The summed E-state index contributed by atoms with van der Waals surface area (Å²) in [7, 11) is -3.94. The Hall–Kier alpha value is -3.32. The minimum absolute atomic E-state index is 0.159. The molecule has 178 valence electrons. The molecule has 1 saturated heterocycles. The fourth-order valence-electron chi connectivity index (χ4n) is 4.00. The van der Waals surface area contributed by atoms with Gasteiger partial charge in [0.2, 0.25) is 5.91 Å². The number of amides is 1. The largest absolute Gasteiger partial charge is 0.457 e. The zero-order valence-corrected chi connectivity index (χ0v) is 20.2. The Balaban J connectivity index is 1.62. The van der Waals surface area contributed by atoms with Gasteiger partial charge in [0, 0.05) is 13.1 Å². The van der Waals surface area contributed by atoms with Gasteiger partial charge in [0.05, 0.1) is 10.6 Å². The molecule has 0 saturated carbocycles. The molecule has 4 rings (SSSR count). The summed E-state index contributed by atoms with van der Waals surface area (Å²) in [4.78, 5) is 15.1. The van der Waals surface area contributed by atoms with Crippen LogP contribution < -0.4 is 9.04 Å². The van der Waals surface area contributed by atoms with Crippen molar-refractivity contribution in [1.29, 1.82) is 0 Å². The van der Waals surface area contributed by atoms with Gasteiger partial charge in [-0.25, -0.2) is 8.42 Å². The van der Waals surface area contributed by atoms with Crippen molar-refractivity contribution >= 4 is 21.6 Å². The lowest BCUT2D eigenvalue weighted by Crippen LogP contribution is -2.43. The Morgan fingerprint density at radius 1 is 0.824 bits per heavy atom. The summed E-state index contributed by atoms with van der Waals surface area (Å²) in [5.74, 6) is 1.10.